The number of hydrogen-bond acceptors (Lipinski definition) is 9. The molecule has 0 spiro atoms. The lowest BCUT2D eigenvalue weighted by molar-refractivity contribution is -0.383. The van der Waals surface area contributed by atoms with Crippen LogP contribution in [0.3, 0.4) is 0 Å². The topological polar surface area (TPSA) is 184 Å². The van der Waals surface area contributed by atoms with Gasteiger partial charge in [0.05, 0.1) is 22.1 Å². The van der Waals surface area contributed by atoms with Crippen LogP contribution in [-0.4, -0.2) is 53.2 Å². The summed E-state index contributed by atoms with van der Waals surface area (Å²) in [5.41, 5.74) is 7.61. The van der Waals surface area contributed by atoms with E-state index < -0.39 is 42.2 Å². The van der Waals surface area contributed by atoms with E-state index in [1.54, 1.807) is 19.1 Å². The number of non-ortho nitro benzene ring substituents is 1. The SMILES string of the molecule is C/C(=C(/C=C/c1ccccc1)C(=O)O)C(CC(CCNc1ccc([N+](=O)[O-])c2nonc12)O[Si](c1ccccc1)(c1ccccc1)C(C)(C)C)C(N)=O. The molecule has 0 bridgehead atoms. The van der Waals surface area contributed by atoms with E-state index in [-0.39, 0.29) is 35.3 Å². The quantitative estimate of drug-likeness (QED) is 0.0333. The number of amides is 1. The number of carbonyl (C=O) groups is 2. The third kappa shape index (κ3) is 8.59. The minimum absolute atomic E-state index is 0.0134. The van der Waals surface area contributed by atoms with Crippen LogP contribution in [0.5, 0.6) is 0 Å². The molecule has 2 atom stereocenters. The average molecular weight is 734 g/mol. The van der Waals surface area contributed by atoms with Crippen LogP contribution in [-0.2, 0) is 14.0 Å². The second kappa shape index (κ2) is 16.6. The molecule has 1 heterocycles. The van der Waals surface area contributed by atoms with Gasteiger partial charge >= 0.3 is 11.7 Å². The van der Waals surface area contributed by atoms with Crippen LogP contribution in [0.25, 0.3) is 17.1 Å². The maximum Gasteiger partial charge on any atom is 0.335 e. The summed E-state index contributed by atoms with van der Waals surface area (Å²) in [6, 6.07) is 32.3. The van der Waals surface area contributed by atoms with Crippen LogP contribution >= 0.6 is 0 Å². The number of aliphatic carboxylic acids is 1. The number of primary amides is 1. The zero-order valence-electron chi connectivity index (χ0n) is 30.1. The highest BCUT2D eigenvalue weighted by molar-refractivity contribution is 6.99. The zero-order chi connectivity index (χ0) is 38.2. The van der Waals surface area contributed by atoms with E-state index in [4.69, 9.17) is 14.8 Å². The van der Waals surface area contributed by atoms with Gasteiger partial charge in [-0.05, 0) is 68.8 Å². The fraction of sp³-hybridized carbons (Fsp3) is 0.250. The Morgan fingerprint density at radius 3 is 2.04 bits per heavy atom. The van der Waals surface area contributed by atoms with Crippen molar-refractivity contribution in [3.05, 3.63) is 136 Å². The Balaban J connectivity index is 1.58. The molecular weight excluding hydrogens is 691 g/mol. The van der Waals surface area contributed by atoms with Gasteiger partial charge < -0.3 is 20.6 Å². The van der Waals surface area contributed by atoms with Crippen molar-refractivity contribution in [1.82, 2.24) is 10.3 Å². The van der Waals surface area contributed by atoms with E-state index in [1.165, 1.54) is 12.1 Å². The highest BCUT2D eigenvalue weighted by atomic mass is 28.4. The second-order valence-corrected chi connectivity index (χ2v) is 18.1. The highest BCUT2D eigenvalue weighted by Gasteiger charge is 2.51. The molecule has 5 aromatic rings. The zero-order valence-corrected chi connectivity index (χ0v) is 31.1. The summed E-state index contributed by atoms with van der Waals surface area (Å²) in [7, 11) is -3.18. The van der Waals surface area contributed by atoms with Crippen LogP contribution in [0, 0.1) is 16.0 Å². The molecule has 4 aromatic carbocycles. The predicted octanol–water partition coefficient (Wildman–Crippen LogP) is 6.48. The van der Waals surface area contributed by atoms with Crippen molar-refractivity contribution >= 4 is 59.1 Å². The first-order valence-electron chi connectivity index (χ1n) is 17.2. The standard InChI is InChI=1S/C40H43N5O7Si/c1-27(32(39(47)48)21-20-28-14-8-5-9-15-28)33(38(41)46)26-29(24-25-42-34-22-23-35(45(49)50)37-36(34)43-52-44-37)51-53(40(2,3)4,30-16-10-6-11-17-30)31-18-12-7-13-19-31/h5-23,29,33,42H,24-26H2,1-4H3,(H2,41,46)(H,47,48)/b21-20+,32-27+. The number of nitro groups is 1. The maximum absolute atomic E-state index is 13.3. The summed E-state index contributed by atoms with van der Waals surface area (Å²) >= 11 is 0. The number of aromatic nitrogens is 2. The highest BCUT2D eigenvalue weighted by Crippen LogP contribution is 2.39. The molecule has 0 fully saturated rings. The summed E-state index contributed by atoms with van der Waals surface area (Å²) in [6.07, 6.45) is 2.99. The van der Waals surface area contributed by atoms with Crippen molar-refractivity contribution in [2.24, 2.45) is 11.7 Å². The van der Waals surface area contributed by atoms with Gasteiger partial charge in [0.15, 0.2) is 5.52 Å². The van der Waals surface area contributed by atoms with Crippen molar-refractivity contribution < 1.29 is 28.7 Å². The fourth-order valence-corrected chi connectivity index (χ4v) is 11.5. The van der Waals surface area contributed by atoms with Gasteiger partial charge in [-0.3, -0.25) is 14.9 Å². The normalized spacial score (nSPS) is 13.7. The third-order valence-electron chi connectivity index (χ3n) is 9.39. The van der Waals surface area contributed by atoms with Gasteiger partial charge in [-0.2, -0.15) is 0 Å². The second-order valence-electron chi connectivity index (χ2n) is 13.8. The molecule has 12 nitrogen and oxygen atoms in total. The first-order chi connectivity index (χ1) is 25.3. The Morgan fingerprint density at radius 2 is 1.51 bits per heavy atom. The van der Waals surface area contributed by atoms with Gasteiger partial charge in [0, 0.05) is 18.7 Å². The number of nitrogens with one attached hydrogen (secondary N) is 1. The maximum atomic E-state index is 13.3. The summed E-state index contributed by atoms with van der Waals surface area (Å²) in [4.78, 5) is 37.0. The molecule has 13 heteroatoms. The first kappa shape index (κ1) is 38.3. The monoisotopic (exact) mass is 733 g/mol. The molecule has 274 valence electrons. The van der Waals surface area contributed by atoms with Gasteiger partial charge in [-0.25, -0.2) is 9.42 Å². The van der Waals surface area contributed by atoms with Gasteiger partial charge in [0.2, 0.25) is 11.4 Å². The molecule has 4 N–H and O–H groups in total. The van der Waals surface area contributed by atoms with Crippen LogP contribution in [0.2, 0.25) is 5.04 Å². The van der Waals surface area contributed by atoms with E-state index in [2.05, 4.69) is 60.7 Å². The number of nitrogens with two attached hydrogens (primary N) is 1. The molecule has 2 unspecified atom stereocenters. The van der Waals surface area contributed by atoms with Gasteiger partial charge in [-0.1, -0.05) is 118 Å². The number of fused-ring (bicyclic) bond motifs is 1. The molecule has 5 rings (SSSR count). The lowest BCUT2D eigenvalue weighted by Gasteiger charge is -2.45. The van der Waals surface area contributed by atoms with Crippen molar-refractivity contribution in [3.8, 4) is 0 Å². The summed E-state index contributed by atoms with van der Waals surface area (Å²) < 4.78 is 12.4. The third-order valence-corrected chi connectivity index (χ3v) is 14.5. The molecule has 1 amide bonds. The molecule has 0 aliphatic heterocycles. The van der Waals surface area contributed by atoms with Crippen molar-refractivity contribution in [3.63, 3.8) is 0 Å². The molecule has 0 aliphatic rings. The number of carboxylic acids is 1. The molecule has 0 saturated heterocycles. The Hall–Kier alpha value is -5.92. The Morgan fingerprint density at radius 1 is 0.943 bits per heavy atom. The number of anilines is 1. The van der Waals surface area contributed by atoms with E-state index in [0.717, 1.165) is 15.9 Å². The van der Waals surface area contributed by atoms with E-state index >= 15 is 0 Å². The van der Waals surface area contributed by atoms with Crippen LogP contribution in [0.15, 0.2) is 125 Å². The Kier molecular flexibility index (Phi) is 12.0. The lowest BCUT2D eigenvalue weighted by atomic mass is 9.88. The minimum atomic E-state index is -3.18. The van der Waals surface area contributed by atoms with Crippen LogP contribution in [0.4, 0.5) is 11.4 Å². The lowest BCUT2D eigenvalue weighted by Crippen LogP contribution is -2.68. The molecule has 0 saturated carbocycles. The van der Waals surface area contributed by atoms with Crippen molar-refractivity contribution in [2.75, 3.05) is 11.9 Å². The predicted molar refractivity (Wildman–Crippen MR) is 207 cm³/mol. The van der Waals surface area contributed by atoms with Gasteiger partial charge in [-0.15, -0.1) is 0 Å². The first-order valence-corrected chi connectivity index (χ1v) is 19.1. The van der Waals surface area contributed by atoms with E-state index in [1.807, 2.05) is 66.7 Å². The number of carbonyl (C=O) groups excluding carboxylic acids is 1. The molecule has 0 aliphatic carbocycles. The summed E-state index contributed by atoms with van der Waals surface area (Å²) in [5, 5.41) is 34.5. The number of hydrogen-bond donors (Lipinski definition) is 3. The number of rotatable bonds is 16. The Labute approximate surface area is 308 Å². The van der Waals surface area contributed by atoms with Crippen molar-refractivity contribution in [2.45, 2.75) is 51.7 Å². The minimum Gasteiger partial charge on any atom is -0.478 e. The molecule has 0 radical (unpaired) electrons. The fourth-order valence-electron chi connectivity index (χ4n) is 6.75. The van der Waals surface area contributed by atoms with Gasteiger partial charge in [0.25, 0.3) is 8.32 Å². The summed E-state index contributed by atoms with van der Waals surface area (Å²) in [6.45, 7) is 8.35. The number of nitro benzene ring substituents is 1. The summed E-state index contributed by atoms with van der Waals surface area (Å²) in [5.74, 6) is -2.85. The van der Waals surface area contributed by atoms with Crippen LogP contribution < -0.4 is 21.4 Å². The molecule has 1 aromatic heterocycles. The Bertz CT molecular complexity index is 2070. The molecule has 53 heavy (non-hydrogen) atoms. The smallest absolute Gasteiger partial charge is 0.335 e. The average Bonchev–Trinajstić information content (AvgIpc) is 3.63. The van der Waals surface area contributed by atoms with Gasteiger partial charge in [0.1, 0.15) is 0 Å². The van der Waals surface area contributed by atoms with E-state index in [9.17, 15) is 24.8 Å². The molecular formula is C40H43N5O7Si. The van der Waals surface area contributed by atoms with E-state index in [0.29, 0.717) is 17.7 Å². The number of benzene rings is 4. The number of nitrogens with zero attached hydrogens (tertiary/aromatic N) is 3. The number of carboxylic acid groups (broad SMARTS) is 1. The van der Waals surface area contributed by atoms with Crippen molar-refractivity contribution in [1.29, 1.82) is 0 Å². The van der Waals surface area contributed by atoms with Crippen LogP contribution in [0.1, 0.15) is 46.1 Å². The largest absolute Gasteiger partial charge is 0.478 e.